The second kappa shape index (κ2) is 5.60. The Bertz CT molecular complexity index is 725. The van der Waals surface area contributed by atoms with Crippen molar-refractivity contribution in [1.29, 1.82) is 0 Å². The number of hydrogen-bond acceptors (Lipinski definition) is 5. The molecule has 2 aromatic heterocycles. The van der Waals surface area contributed by atoms with Crippen LogP contribution in [0.5, 0.6) is 0 Å². The highest BCUT2D eigenvalue weighted by atomic mass is 15.3. The van der Waals surface area contributed by atoms with Crippen LogP contribution in [0.3, 0.4) is 0 Å². The summed E-state index contributed by atoms with van der Waals surface area (Å²) in [4.78, 5) is 10.9. The molecule has 0 aliphatic carbocycles. The highest BCUT2D eigenvalue weighted by molar-refractivity contribution is 5.29. The van der Waals surface area contributed by atoms with Crippen molar-refractivity contribution in [1.82, 2.24) is 24.6 Å². The quantitative estimate of drug-likeness (QED) is 0.920. The van der Waals surface area contributed by atoms with E-state index in [1.165, 1.54) is 16.8 Å². The zero-order chi connectivity index (χ0) is 16.8. The molecule has 0 saturated carbocycles. The molecule has 1 aliphatic heterocycles. The van der Waals surface area contributed by atoms with Crippen molar-refractivity contribution >= 4 is 5.95 Å². The van der Waals surface area contributed by atoms with Crippen LogP contribution in [0.25, 0.3) is 0 Å². The molecule has 2 aromatic rings. The Morgan fingerprint density at radius 2 is 2.00 bits per heavy atom. The van der Waals surface area contributed by atoms with E-state index in [1.54, 1.807) is 0 Å². The Morgan fingerprint density at radius 3 is 2.65 bits per heavy atom. The Labute approximate surface area is 137 Å². The fourth-order valence-electron chi connectivity index (χ4n) is 3.31. The van der Waals surface area contributed by atoms with E-state index in [2.05, 4.69) is 54.2 Å². The van der Waals surface area contributed by atoms with Gasteiger partial charge in [0, 0.05) is 49.1 Å². The topological polar surface area (TPSA) is 72.9 Å². The number of fused-ring (bicyclic) bond motifs is 1. The summed E-state index contributed by atoms with van der Waals surface area (Å²) >= 11 is 0. The van der Waals surface area contributed by atoms with Crippen LogP contribution < -0.4 is 5.73 Å². The summed E-state index contributed by atoms with van der Waals surface area (Å²) in [5, 5.41) is 4.75. The van der Waals surface area contributed by atoms with E-state index in [-0.39, 0.29) is 5.54 Å². The van der Waals surface area contributed by atoms with Gasteiger partial charge in [-0.25, -0.2) is 9.97 Å². The summed E-state index contributed by atoms with van der Waals surface area (Å²) in [6, 6.07) is 0. The van der Waals surface area contributed by atoms with Gasteiger partial charge in [-0.1, -0.05) is 0 Å². The number of nitrogens with two attached hydrogens (primary N) is 1. The highest BCUT2D eigenvalue weighted by Gasteiger charge is 2.24. The molecule has 2 N–H and O–H groups in total. The molecular weight excluding hydrogens is 288 g/mol. The third kappa shape index (κ3) is 3.08. The molecule has 0 radical (unpaired) electrons. The monoisotopic (exact) mass is 314 g/mol. The molecule has 3 rings (SSSR count). The summed E-state index contributed by atoms with van der Waals surface area (Å²) in [6.45, 7) is 13.6. The van der Waals surface area contributed by atoms with Crippen LogP contribution in [0.1, 0.15) is 49.0 Å². The molecule has 0 fully saturated rings. The van der Waals surface area contributed by atoms with Crippen molar-refractivity contribution < 1.29 is 0 Å². The SMILES string of the molecule is Cc1nn(C(C)(C)C)c(C)c1CN1CCc2nc(N)ncc2C1. The van der Waals surface area contributed by atoms with Crippen molar-refractivity contribution in [2.75, 3.05) is 12.3 Å². The molecule has 23 heavy (non-hydrogen) atoms. The van der Waals surface area contributed by atoms with E-state index >= 15 is 0 Å². The molecule has 1 aliphatic rings. The van der Waals surface area contributed by atoms with E-state index in [0.717, 1.165) is 37.4 Å². The molecule has 0 bridgehead atoms. The van der Waals surface area contributed by atoms with Crippen LogP contribution in [-0.4, -0.2) is 31.2 Å². The first kappa shape index (κ1) is 15.9. The molecule has 0 spiro atoms. The summed E-state index contributed by atoms with van der Waals surface area (Å²) in [5.74, 6) is 0.371. The summed E-state index contributed by atoms with van der Waals surface area (Å²) in [7, 11) is 0. The van der Waals surface area contributed by atoms with Gasteiger partial charge in [0.25, 0.3) is 0 Å². The molecule has 0 amide bonds. The zero-order valence-corrected chi connectivity index (χ0v) is 14.7. The van der Waals surface area contributed by atoms with Gasteiger partial charge in [-0.2, -0.15) is 5.10 Å². The van der Waals surface area contributed by atoms with Gasteiger partial charge in [-0.3, -0.25) is 9.58 Å². The lowest BCUT2D eigenvalue weighted by molar-refractivity contribution is 0.241. The fraction of sp³-hybridized carbons (Fsp3) is 0.588. The average molecular weight is 314 g/mol. The third-order valence-corrected chi connectivity index (χ3v) is 4.49. The molecule has 6 heteroatoms. The first-order valence-corrected chi connectivity index (χ1v) is 8.14. The smallest absolute Gasteiger partial charge is 0.220 e. The van der Waals surface area contributed by atoms with Crippen LogP contribution in [0, 0.1) is 13.8 Å². The van der Waals surface area contributed by atoms with Gasteiger partial charge in [0.1, 0.15) is 0 Å². The predicted molar refractivity (Wildman–Crippen MR) is 91.0 cm³/mol. The lowest BCUT2D eigenvalue weighted by atomic mass is 10.1. The van der Waals surface area contributed by atoms with E-state index in [9.17, 15) is 0 Å². The maximum atomic E-state index is 5.68. The predicted octanol–water partition coefficient (Wildman–Crippen LogP) is 2.19. The summed E-state index contributed by atoms with van der Waals surface area (Å²) in [5.41, 5.74) is 11.7. The molecule has 3 heterocycles. The number of nitrogens with zero attached hydrogens (tertiary/aromatic N) is 5. The Morgan fingerprint density at radius 1 is 1.26 bits per heavy atom. The van der Waals surface area contributed by atoms with Crippen LogP contribution in [-0.2, 0) is 25.0 Å². The van der Waals surface area contributed by atoms with E-state index in [4.69, 9.17) is 10.8 Å². The largest absolute Gasteiger partial charge is 0.368 e. The van der Waals surface area contributed by atoms with Gasteiger partial charge >= 0.3 is 0 Å². The Balaban J connectivity index is 1.81. The van der Waals surface area contributed by atoms with Crippen LogP contribution in [0.4, 0.5) is 5.95 Å². The number of aromatic nitrogens is 4. The highest BCUT2D eigenvalue weighted by Crippen LogP contribution is 2.25. The first-order chi connectivity index (χ1) is 10.8. The maximum absolute atomic E-state index is 5.68. The standard InChI is InChI=1S/C17H26N6/c1-11-14(12(2)23(21-11)17(3,4)5)10-22-7-6-15-13(9-22)8-19-16(18)20-15/h8H,6-7,9-10H2,1-5H3,(H2,18,19,20). The number of nitrogen functional groups attached to an aromatic ring is 1. The van der Waals surface area contributed by atoms with Crippen molar-refractivity contribution in [3.05, 3.63) is 34.4 Å². The summed E-state index contributed by atoms with van der Waals surface area (Å²) in [6.07, 6.45) is 2.79. The molecular formula is C17H26N6. The first-order valence-electron chi connectivity index (χ1n) is 8.14. The van der Waals surface area contributed by atoms with Gasteiger partial charge in [0.05, 0.1) is 16.9 Å². The Hall–Kier alpha value is -1.95. The minimum atomic E-state index is 0.00690. The van der Waals surface area contributed by atoms with Crippen molar-refractivity contribution in [2.45, 2.75) is 59.7 Å². The molecule has 0 aromatic carbocycles. The minimum absolute atomic E-state index is 0.00690. The maximum Gasteiger partial charge on any atom is 0.220 e. The third-order valence-electron chi connectivity index (χ3n) is 4.49. The number of rotatable bonds is 2. The van der Waals surface area contributed by atoms with Crippen molar-refractivity contribution in [3.8, 4) is 0 Å². The van der Waals surface area contributed by atoms with Crippen molar-refractivity contribution in [3.63, 3.8) is 0 Å². The van der Waals surface area contributed by atoms with Gasteiger partial charge in [-0.05, 0) is 34.6 Å². The second-order valence-electron chi connectivity index (χ2n) is 7.39. The summed E-state index contributed by atoms with van der Waals surface area (Å²) < 4.78 is 2.14. The lowest BCUT2D eigenvalue weighted by Gasteiger charge is -2.28. The van der Waals surface area contributed by atoms with E-state index in [0.29, 0.717) is 5.95 Å². The van der Waals surface area contributed by atoms with Crippen LogP contribution >= 0.6 is 0 Å². The number of anilines is 1. The number of aryl methyl sites for hydroxylation is 1. The molecule has 124 valence electrons. The fourth-order valence-corrected chi connectivity index (χ4v) is 3.31. The van der Waals surface area contributed by atoms with Gasteiger partial charge in [-0.15, -0.1) is 0 Å². The second-order valence-corrected chi connectivity index (χ2v) is 7.39. The Kier molecular flexibility index (Phi) is 3.88. The molecule has 0 atom stereocenters. The zero-order valence-electron chi connectivity index (χ0n) is 14.7. The molecule has 0 unspecified atom stereocenters. The normalized spacial score (nSPS) is 15.7. The van der Waals surface area contributed by atoms with E-state index in [1.807, 2.05) is 6.20 Å². The molecule has 6 nitrogen and oxygen atoms in total. The average Bonchev–Trinajstić information content (AvgIpc) is 2.75. The van der Waals surface area contributed by atoms with Gasteiger partial charge in [0.2, 0.25) is 5.95 Å². The minimum Gasteiger partial charge on any atom is -0.368 e. The van der Waals surface area contributed by atoms with E-state index < -0.39 is 0 Å². The van der Waals surface area contributed by atoms with Crippen LogP contribution in [0.2, 0.25) is 0 Å². The van der Waals surface area contributed by atoms with Crippen molar-refractivity contribution in [2.24, 2.45) is 0 Å². The number of hydrogen-bond donors (Lipinski definition) is 1. The van der Waals surface area contributed by atoms with Gasteiger partial charge < -0.3 is 5.73 Å². The molecule has 0 saturated heterocycles. The lowest BCUT2D eigenvalue weighted by Crippen LogP contribution is -2.31. The van der Waals surface area contributed by atoms with Crippen LogP contribution in [0.15, 0.2) is 6.20 Å². The van der Waals surface area contributed by atoms with Gasteiger partial charge in [0.15, 0.2) is 0 Å².